The van der Waals surface area contributed by atoms with E-state index in [1.165, 1.54) is 7.11 Å². The number of anilines is 1. The van der Waals surface area contributed by atoms with Gasteiger partial charge in [0.2, 0.25) is 5.13 Å². The quantitative estimate of drug-likeness (QED) is 0.592. The molecular formula is C8H11N5O5S. The van der Waals surface area contributed by atoms with Crippen molar-refractivity contribution < 1.29 is 24.2 Å². The van der Waals surface area contributed by atoms with Gasteiger partial charge in [0, 0.05) is 18.0 Å². The van der Waals surface area contributed by atoms with Gasteiger partial charge in [-0.25, -0.2) is 9.59 Å². The van der Waals surface area contributed by atoms with Gasteiger partial charge in [0.05, 0.1) is 7.11 Å². The van der Waals surface area contributed by atoms with Crippen LogP contribution in [0.2, 0.25) is 0 Å². The molecule has 0 saturated carbocycles. The number of nitrogens with one attached hydrogen (secondary N) is 2. The minimum absolute atomic E-state index is 0.0796. The van der Waals surface area contributed by atoms with Crippen molar-refractivity contribution in [2.75, 3.05) is 12.4 Å². The fourth-order valence-electron chi connectivity index (χ4n) is 1.09. The second-order valence-corrected chi connectivity index (χ2v) is 4.00. The molecule has 0 aromatic carbocycles. The maximum Gasteiger partial charge on any atom is 0.326 e. The van der Waals surface area contributed by atoms with Crippen LogP contribution in [0.3, 0.4) is 0 Å². The van der Waals surface area contributed by atoms with Crippen molar-refractivity contribution in [1.82, 2.24) is 20.1 Å². The number of esters is 1. The smallest absolute Gasteiger partial charge is 0.326 e. The zero-order chi connectivity index (χ0) is 14.3. The van der Waals surface area contributed by atoms with E-state index >= 15 is 0 Å². The number of methoxy groups -OCH3 is 1. The third-order valence-corrected chi connectivity index (χ3v) is 2.50. The lowest BCUT2D eigenvalue weighted by atomic mass is 10.1. The first kappa shape index (κ1) is 14.8. The van der Waals surface area contributed by atoms with E-state index in [1.54, 1.807) is 0 Å². The molecule has 1 atom stereocenters. The summed E-state index contributed by atoms with van der Waals surface area (Å²) in [6.07, 6.45) is -0.197. The Morgan fingerprint density at radius 2 is 2.21 bits per heavy atom. The molecule has 1 aromatic rings. The molecule has 0 saturated heterocycles. The van der Waals surface area contributed by atoms with Crippen molar-refractivity contribution >= 4 is 34.6 Å². The van der Waals surface area contributed by atoms with E-state index in [0.29, 0.717) is 0 Å². The van der Waals surface area contributed by atoms with Crippen LogP contribution < -0.4 is 10.6 Å². The summed E-state index contributed by atoms with van der Waals surface area (Å²) in [6, 6.07) is -1.98. The molecule has 0 unspecified atom stereocenters. The van der Waals surface area contributed by atoms with Crippen LogP contribution in [0, 0.1) is 0 Å². The Labute approximate surface area is 111 Å². The number of hydrogen-bond acceptors (Lipinski definition) is 8. The number of carboxylic acid groups (broad SMARTS) is 1. The fourth-order valence-corrected chi connectivity index (χ4v) is 1.46. The predicted molar refractivity (Wildman–Crippen MR) is 62.5 cm³/mol. The monoisotopic (exact) mass is 289 g/mol. The number of nitrogens with zero attached hydrogens (tertiary/aromatic N) is 3. The number of carbonyl (C=O) groups is 3. The lowest BCUT2D eigenvalue weighted by molar-refractivity contribution is -0.142. The Bertz CT molecular complexity index is 450. The predicted octanol–water partition coefficient (Wildman–Crippen LogP) is -0.539. The largest absolute Gasteiger partial charge is 0.480 e. The Balaban J connectivity index is 2.46. The number of rotatable bonds is 6. The second kappa shape index (κ2) is 7.20. The molecule has 2 amide bonds. The number of aliphatic carboxylic acids is 1. The van der Waals surface area contributed by atoms with Gasteiger partial charge in [-0.15, -0.1) is 0 Å². The SMILES string of the molecule is COC(=O)CC[C@@H](NC(=O)Nc1nnns1)C(=O)O. The first-order valence-corrected chi connectivity index (χ1v) is 5.82. The molecule has 0 aliphatic heterocycles. The molecular weight excluding hydrogens is 278 g/mol. The zero-order valence-electron chi connectivity index (χ0n) is 9.82. The molecule has 1 aromatic heterocycles. The molecule has 0 fully saturated rings. The topological polar surface area (TPSA) is 143 Å². The molecule has 0 bridgehead atoms. The Morgan fingerprint density at radius 3 is 2.74 bits per heavy atom. The van der Waals surface area contributed by atoms with Crippen LogP contribution in [0.15, 0.2) is 0 Å². The minimum Gasteiger partial charge on any atom is -0.480 e. The molecule has 0 spiro atoms. The summed E-state index contributed by atoms with van der Waals surface area (Å²) in [5.74, 6) is -1.81. The van der Waals surface area contributed by atoms with Crippen LogP contribution in [-0.2, 0) is 14.3 Å². The average molecular weight is 289 g/mol. The van der Waals surface area contributed by atoms with Gasteiger partial charge < -0.3 is 15.2 Å². The van der Waals surface area contributed by atoms with Crippen LogP contribution >= 0.6 is 11.5 Å². The standard InChI is InChI=1S/C8H11N5O5S/c1-18-5(14)3-2-4(6(15)16)9-7(17)10-8-11-12-13-19-8/h4H,2-3H2,1H3,(H,15,16)(H2,9,10,11,13,17)/t4-/m1/s1. The first-order valence-electron chi connectivity index (χ1n) is 5.05. The third kappa shape index (κ3) is 5.25. The summed E-state index contributed by atoms with van der Waals surface area (Å²) in [6.45, 7) is 0. The Morgan fingerprint density at radius 1 is 1.47 bits per heavy atom. The molecule has 0 radical (unpaired) electrons. The van der Waals surface area contributed by atoms with E-state index in [2.05, 4.69) is 30.2 Å². The third-order valence-electron chi connectivity index (χ3n) is 1.99. The van der Waals surface area contributed by atoms with Gasteiger partial charge in [0.25, 0.3) is 0 Å². The first-order chi connectivity index (χ1) is 9.02. The lowest BCUT2D eigenvalue weighted by Gasteiger charge is -2.13. The normalized spacial score (nSPS) is 11.4. The summed E-state index contributed by atoms with van der Waals surface area (Å²) < 4.78 is 7.81. The molecule has 0 aliphatic rings. The van der Waals surface area contributed by atoms with E-state index in [1.807, 2.05) is 0 Å². The van der Waals surface area contributed by atoms with Crippen LogP contribution in [0.4, 0.5) is 9.93 Å². The highest BCUT2D eigenvalue weighted by molar-refractivity contribution is 7.09. The van der Waals surface area contributed by atoms with Crippen LogP contribution in [0.1, 0.15) is 12.8 Å². The van der Waals surface area contributed by atoms with Gasteiger partial charge in [-0.05, 0) is 11.6 Å². The summed E-state index contributed by atoms with van der Waals surface area (Å²) in [5, 5.41) is 20.2. The van der Waals surface area contributed by atoms with Gasteiger partial charge >= 0.3 is 18.0 Å². The van der Waals surface area contributed by atoms with Crippen molar-refractivity contribution in [2.24, 2.45) is 0 Å². The van der Waals surface area contributed by atoms with E-state index < -0.39 is 24.0 Å². The van der Waals surface area contributed by atoms with Crippen LogP contribution in [-0.4, -0.2) is 51.0 Å². The molecule has 0 aliphatic carbocycles. The number of ether oxygens (including phenoxy) is 1. The van der Waals surface area contributed by atoms with Crippen molar-refractivity contribution in [3.05, 3.63) is 0 Å². The van der Waals surface area contributed by atoms with Crippen molar-refractivity contribution in [2.45, 2.75) is 18.9 Å². The van der Waals surface area contributed by atoms with Crippen molar-refractivity contribution in [3.63, 3.8) is 0 Å². The summed E-state index contributed by atoms with van der Waals surface area (Å²) in [5.41, 5.74) is 0. The Hall–Kier alpha value is -2.30. The van der Waals surface area contributed by atoms with E-state index in [4.69, 9.17) is 5.11 Å². The molecule has 19 heavy (non-hydrogen) atoms. The zero-order valence-corrected chi connectivity index (χ0v) is 10.6. The summed E-state index contributed by atoms with van der Waals surface area (Å²) >= 11 is 0.843. The number of aromatic nitrogens is 3. The molecule has 10 nitrogen and oxygen atoms in total. The molecule has 11 heteroatoms. The summed E-state index contributed by atoms with van der Waals surface area (Å²) in [4.78, 5) is 33.3. The number of carboxylic acids is 1. The fraction of sp³-hybridized carbons (Fsp3) is 0.500. The average Bonchev–Trinajstić information content (AvgIpc) is 2.86. The highest BCUT2D eigenvalue weighted by Gasteiger charge is 2.21. The number of amides is 2. The van der Waals surface area contributed by atoms with E-state index in [-0.39, 0.29) is 18.0 Å². The van der Waals surface area contributed by atoms with Crippen molar-refractivity contribution in [1.29, 1.82) is 0 Å². The van der Waals surface area contributed by atoms with Crippen molar-refractivity contribution in [3.8, 4) is 0 Å². The number of hydrogen-bond donors (Lipinski definition) is 3. The maximum atomic E-state index is 11.4. The van der Waals surface area contributed by atoms with Gasteiger partial charge in [0.1, 0.15) is 6.04 Å². The molecule has 3 N–H and O–H groups in total. The van der Waals surface area contributed by atoms with Crippen LogP contribution in [0.5, 0.6) is 0 Å². The van der Waals surface area contributed by atoms with Gasteiger partial charge in [-0.2, -0.15) is 0 Å². The van der Waals surface area contributed by atoms with Gasteiger partial charge in [-0.1, -0.05) is 9.59 Å². The molecule has 1 rings (SSSR count). The van der Waals surface area contributed by atoms with E-state index in [9.17, 15) is 14.4 Å². The van der Waals surface area contributed by atoms with Gasteiger partial charge in [-0.3, -0.25) is 10.1 Å². The number of carbonyl (C=O) groups excluding carboxylic acids is 2. The number of urea groups is 1. The molecule has 104 valence electrons. The van der Waals surface area contributed by atoms with Gasteiger partial charge in [0.15, 0.2) is 0 Å². The lowest BCUT2D eigenvalue weighted by Crippen LogP contribution is -2.43. The maximum absolute atomic E-state index is 11.4. The molecule has 1 heterocycles. The van der Waals surface area contributed by atoms with E-state index in [0.717, 1.165) is 11.5 Å². The highest BCUT2D eigenvalue weighted by Crippen LogP contribution is 2.05. The summed E-state index contributed by atoms with van der Waals surface area (Å²) in [7, 11) is 1.20. The highest BCUT2D eigenvalue weighted by atomic mass is 32.1. The van der Waals surface area contributed by atoms with Crippen LogP contribution in [0.25, 0.3) is 0 Å². The Kier molecular flexibility index (Phi) is 5.60. The minimum atomic E-state index is -1.26. The second-order valence-electron chi connectivity index (χ2n) is 3.27.